The predicted octanol–water partition coefficient (Wildman–Crippen LogP) is 5.67. The molecular weight excluding hydrogens is 244 g/mol. The maximum atomic E-state index is 4.72. The molecule has 20 heavy (non-hydrogen) atoms. The van der Waals surface area contributed by atoms with Crippen LogP contribution >= 0.6 is 0 Å². The van der Waals surface area contributed by atoms with Crippen LogP contribution in [0.1, 0.15) is 90.9 Å². The Kier molecular flexibility index (Phi) is 14.5. The second-order valence-corrected chi connectivity index (χ2v) is 6.12. The second kappa shape index (κ2) is 14.9. The molecule has 2 heteroatoms. The van der Waals surface area contributed by atoms with Crippen LogP contribution in [0.5, 0.6) is 0 Å². The molecule has 0 bridgehead atoms. The Bertz CT molecular complexity index is 221. The van der Waals surface area contributed by atoms with E-state index in [2.05, 4.69) is 32.8 Å². The van der Waals surface area contributed by atoms with Gasteiger partial charge in [-0.15, -0.1) is 0 Å². The number of unbranched alkanes of at least 4 members (excludes halogenated alkanes) is 9. The van der Waals surface area contributed by atoms with Crippen LogP contribution in [0.4, 0.5) is 0 Å². The van der Waals surface area contributed by atoms with Gasteiger partial charge in [0.1, 0.15) is 0 Å². The lowest BCUT2D eigenvalue weighted by Crippen LogP contribution is -2.22. The number of rotatable bonds is 13. The van der Waals surface area contributed by atoms with Crippen molar-refractivity contribution in [2.45, 2.75) is 90.9 Å². The third kappa shape index (κ3) is 12.5. The van der Waals surface area contributed by atoms with Crippen molar-refractivity contribution in [3.05, 3.63) is 0 Å². The summed E-state index contributed by atoms with van der Waals surface area (Å²) in [6.07, 6.45) is 16.3. The van der Waals surface area contributed by atoms with Crippen LogP contribution < -0.4 is 0 Å². The number of hydrogen-bond donors (Lipinski definition) is 0. The van der Waals surface area contributed by atoms with E-state index >= 15 is 0 Å². The van der Waals surface area contributed by atoms with Crippen LogP contribution in [0.3, 0.4) is 0 Å². The minimum atomic E-state index is 1.02. The lowest BCUT2D eigenvalue weighted by Gasteiger charge is -2.15. The second-order valence-electron chi connectivity index (χ2n) is 6.12. The summed E-state index contributed by atoms with van der Waals surface area (Å²) in [5.41, 5.74) is 0. The fourth-order valence-corrected chi connectivity index (χ4v) is 2.48. The van der Waals surface area contributed by atoms with Gasteiger partial charge in [0.05, 0.1) is 5.84 Å². The van der Waals surface area contributed by atoms with E-state index < -0.39 is 0 Å². The van der Waals surface area contributed by atoms with E-state index in [-0.39, 0.29) is 0 Å². The molecule has 0 spiro atoms. The molecular formula is C18H38N2. The Morgan fingerprint density at radius 3 is 1.65 bits per heavy atom. The van der Waals surface area contributed by atoms with Gasteiger partial charge in [0.25, 0.3) is 0 Å². The maximum Gasteiger partial charge on any atom is 0.0983 e. The van der Waals surface area contributed by atoms with Gasteiger partial charge in [-0.1, -0.05) is 71.6 Å². The summed E-state index contributed by atoms with van der Waals surface area (Å²) in [6.45, 7) is 5.52. The fourth-order valence-electron chi connectivity index (χ4n) is 2.48. The summed E-state index contributed by atoms with van der Waals surface area (Å²) in [5, 5.41) is 0. The molecule has 0 radical (unpaired) electrons. The lowest BCUT2D eigenvalue weighted by molar-refractivity contribution is 0.555. The Morgan fingerprint density at radius 2 is 1.20 bits per heavy atom. The highest BCUT2D eigenvalue weighted by Crippen LogP contribution is 2.10. The van der Waals surface area contributed by atoms with Crippen molar-refractivity contribution < 1.29 is 0 Å². The number of nitrogens with zero attached hydrogens (tertiary/aromatic N) is 2. The minimum absolute atomic E-state index is 1.02. The standard InChI is InChI=1S/C18H38N2/c1-5-7-8-9-10-11-12-13-14-15-17-19-18(16-6-2)20(3)4/h5-17H2,1-4H3. The third-order valence-corrected chi connectivity index (χ3v) is 3.80. The lowest BCUT2D eigenvalue weighted by atomic mass is 10.1. The first-order valence-electron chi connectivity index (χ1n) is 8.93. The largest absolute Gasteiger partial charge is 0.366 e. The van der Waals surface area contributed by atoms with Gasteiger partial charge in [-0.25, -0.2) is 0 Å². The number of aliphatic imine (C=N–C) groups is 1. The van der Waals surface area contributed by atoms with E-state index in [1.54, 1.807) is 0 Å². The summed E-state index contributed by atoms with van der Waals surface area (Å²) < 4.78 is 0. The summed E-state index contributed by atoms with van der Waals surface area (Å²) >= 11 is 0. The Balaban J connectivity index is 3.36. The normalized spacial score (nSPS) is 11.9. The maximum absolute atomic E-state index is 4.72. The Morgan fingerprint density at radius 1 is 0.700 bits per heavy atom. The molecule has 0 aromatic carbocycles. The average molecular weight is 283 g/mol. The van der Waals surface area contributed by atoms with Crippen molar-refractivity contribution in [1.82, 2.24) is 4.90 Å². The predicted molar refractivity (Wildman–Crippen MR) is 92.7 cm³/mol. The fraction of sp³-hybridized carbons (Fsp3) is 0.944. The van der Waals surface area contributed by atoms with Crippen LogP contribution in [0, 0.1) is 0 Å². The zero-order valence-corrected chi connectivity index (χ0v) is 14.6. The molecule has 0 unspecified atom stereocenters. The van der Waals surface area contributed by atoms with Crippen LogP contribution in [-0.2, 0) is 0 Å². The molecule has 0 aliphatic carbocycles. The Hall–Kier alpha value is -0.530. The molecule has 2 nitrogen and oxygen atoms in total. The molecule has 0 heterocycles. The monoisotopic (exact) mass is 282 g/mol. The molecule has 0 saturated heterocycles. The van der Waals surface area contributed by atoms with E-state index in [1.807, 2.05) is 0 Å². The molecule has 0 aromatic rings. The van der Waals surface area contributed by atoms with Crippen LogP contribution in [-0.4, -0.2) is 31.4 Å². The van der Waals surface area contributed by atoms with E-state index in [9.17, 15) is 0 Å². The highest BCUT2D eigenvalue weighted by molar-refractivity contribution is 5.81. The molecule has 0 aliphatic rings. The minimum Gasteiger partial charge on any atom is -0.366 e. The van der Waals surface area contributed by atoms with E-state index in [1.165, 1.54) is 76.5 Å². The third-order valence-electron chi connectivity index (χ3n) is 3.80. The molecule has 0 N–H and O–H groups in total. The SMILES string of the molecule is CCCCCCCCCCCCN=C(CCC)N(C)C. The van der Waals surface area contributed by atoms with Gasteiger partial charge in [0, 0.05) is 27.1 Å². The van der Waals surface area contributed by atoms with Crippen molar-refractivity contribution >= 4 is 5.84 Å². The summed E-state index contributed by atoms with van der Waals surface area (Å²) in [4.78, 5) is 6.89. The van der Waals surface area contributed by atoms with E-state index in [4.69, 9.17) is 4.99 Å². The van der Waals surface area contributed by atoms with E-state index in [0.29, 0.717) is 0 Å². The van der Waals surface area contributed by atoms with Gasteiger partial charge in [-0.3, -0.25) is 4.99 Å². The highest BCUT2D eigenvalue weighted by atomic mass is 15.1. The Labute approximate surface area is 128 Å². The molecule has 0 aromatic heterocycles. The smallest absolute Gasteiger partial charge is 0.0983 e. The molecule has 0 aliphatic heterocycles. The summed E-state index contributed by atoms with van der Waals surface area (Å²) in [6, 6.07) is 0. The van der Waals surface area contributed by atoms with Crippen molar-refractivity contribution in [2.24, 2.45) is 4.99 Å². The zero-order valence-electron chi connectivity index (χ0n) is 14.6. The zero-order chi connectivity index (χ0) is 15.1. The summed E-state index contributed by atoms with van der Waals surface area (Å²) in [5.74, 6) is 1.27. The molecule has 0 atom stereocenters. The first kappa shape index (κ1) is 19.5. The summed E-state index contributed by atoms with van der Waals surface area (Å²) in [7, 11) is 4.21. The molecule has 0 fully saturated rings. The van der Waals surface area contributed by atoms with Crippen LogP contribution in [0.2, 0.25) is 0 Å². The van der Waals surface area contributed by atoms with E-state index in [0.717, 1.165) is 13.0 Å². The highest BCUT2D eigenvalue weighted by Gasteiger charge is 1.99. The first-order chi connectivity index (χ1) is 9.72. The van der Waals surface area contributed by atoms with Crippen molar-refractivity contribution in [3.8, 4) is 0 Å². The quantitative estimate of drug-likeness (QED) is 0.241. The van der Waals surface area contributed by atoms with Gasteiger partial charge in [0.2, 0.25) is 0 Å². The van der Waals surface area contributed by atoms with Crippen molar-refractivity contribution in [1.29, 1.82) is 0 Å². The van der Waals surface area contributed by atoms with Gasteiger partial charge < -0.3 is 4.90 Å². The molecule has 120 valence electrons. The van der Waals surface area contributed by atoms with Gasteiger partial charge in [-0.05, 0) is 12.8 Å². The topological polar surface area (TPSA) is 15.6 Å². The van der Waals surface area contributed by atoms with Gasteiger partial charge in [-0.2, -0.15) is 0 Å². The van der Waals surface area contributed by atoms with Gasteiger partial charge >= 0.3 is 0 Å². The van der Waals surface area contributed by atoms with Gasteiger partial charge in [0.15, 0.2) is 0 Å². The molecule has 0 amide bonds. The molecule has 0 saturated carbocycles. The average Bonchev–Trinajstić information content (AvgIpc) is 2.43. The molecule has 0 rings (SSSR count). The van der Waals surface area contributed by atoms with Crippen molar-refractivity contribution in [2.75, 3.05) is 20.6 Å². The van der Waals surface area contributed by atoms with Crippen molar-refractivity contribution in [3.63, 3.8) is 0 Å². The first-order valence-corrected chi connectivity index (χ1v) is 8.93. The number of amidine groups is 1. The van der Waals surface area contributed by atoms with Crippen LogP contribution in [0.15, 0.2) is 4.99 Å². The van der Waals surface area contributed by atoms with Crippen LogP contribution in [0.25, 0.3) is 0 Å². The number of hydrogen-bond acceptors (Lipinski definition) is 1.